The van der Waals surface area contributed by atoms with E-state index in [9.17, 15) is 0 Å². The summed E-state index contributed by atoms with van der Waals surface area (Å²) in [7, 11) is 6.81. The van der Waals surface area contributed by atoms with Gasteiger partial charge in [0.05, 0.1) is 0 Å². The van der Waals surface area contributed by atoms with E-state index in [1.807, 2.05) is 0 Å². The molecule has 6 aliphatic rings. The zero-order valence-corrected chi connectivity index (χ0v) is 27.6. The predicted molar refractivity (Wildman–Crippen MR) is 169 cm³/mol. The van der Waals surface area contributed by atoms with Gasteiger partial charge in [-0.3, -0.25) is 0 Å². The fourth-order valence-corrected chi connectivity index (χ4v) is 7.98. The van der Waals surface area contributed by atoms with Crippen LogP contribution in [0, 0.1) is 28.4 Å². The van der Waals surface area contributed by atoms with Gasteiger partial charge in [0.25, 0.3) is 0 Å². The molecule has 0 spiro atoms. The summed E-state index contributed by atoms with van der Waals surface area (Å²) in [6.07, 6.45) is 16.7. The largest absolute Gasteiger partial charge is 2.00 e. The third-order valence-electron chi connectivity index (χ3n) is 10.1. The normalized spacial score (nSPS) is 35.1. The molecule has 0 aliphatic carbocycles. The van der Waals surface area contributed by atoms with E-state index in [4.69, 9.17) is 5.26 Å². The van der Waals surface area contributed by atoms with Gasteiger partial charge in [0.1, 0.15) is 5.40 Å². The van der Waals surface area contributed by atoms with E-state index in [1.54, 1.807) is 0 Å². The maximum absolute atomic E-state index is 7.18. The van der Waals surface area contributed by atoms with Crippen molar-refractivity contribution in [1.29, 1.82) is 5.26 Å². The van der Waals surface area contributed by atoms with Crippen molar-refractivity contribution < 1.29 is 16.5 Å². The molecular formula is C31H58N7NiS-. The minimum Gasteiger partial charge on any atom is -0.662 e. The smallest absolute Gasteiger partial charge is 0.662 e. The molecule has 40 heavy (non-hydrogen) atoms. The maximum atomic E-state index is 7.18. The van der Waals surface area contributed by atoms with Crippen LogP contribution in [0.1, 0.15) is 77.0 Å². The molecule has 0 radical (unpaired) electrons. The van der Waals surface area contributed by atoms with Crippen molar-refractivity contribution in [3.05, 3.63) is 16.0 Å². The number of nitriles is 1. The standard InChI is InChI=1S/3C10H19N2.CHNS.Ni/c3*1-12-7-3-5-10(12)9-4-2-6-11-8-9;2-1-3;/h3*9-10H,2-8H2,1H3;3H;/q3*-1;;+2. The van der Waals surface area contributed by atoms with Gasteiger partial charge in [0.2, 0.25) is 0 Å². The van der Waals surface area contributed by atoms with Gasteiger partial charge in [-0.1, -0.05) is 51.2 Å². The fourth-order valence-electron chi connectivity index (χ4n) is 7.98. The topological polar surface area (TPSA) is 75.8 Å². The average molecular weight is 620 g/mol. The summed E-state index contributed by atoms with van der Waals surface area (Å²) in [6.45, 7) is 10.7. The Bertz CT molecular complexity index is 596. The Labute approximate surface area is 262 Å². The van der Waals surface area contributed by atoms with Gasteiger partial charge in [-0.2, -0.15) is 5.26 Å². The minimum atomic E-state index is 0. The second-order valence-corrected chi connectivity index (χ2v) is 13.0. The van der Waals surface area contributed by atoms with Crippen LogP contribution in [0.3, 0.4) is 0 Å². The molecule has 0 aromatic rings. The van der Waals surface area contributed by atoms with Crippen molar-refractivity contribution in [1.82, 2.24) is 14.7 Å². The molecule has 0 saturated carbocycles. The Hall–Kier alpha value is 0.0935. The maximum Gasteiger partial charge on any atom is 2.00 e. The van der Waals surface area contributed by atoms with Crippen LogP contribution < -0.4 is 0 Å². The number of thiol groups is 1. The molecule has 6 saturated heterocycles. The molecule has 0 aromatic carbocycles. The molecule has 0 amide bonds. The van der Waals surface area contributed by atoms with Gasteiger partial charge in [0.15, 0.2) is 0 Å². The zero-order valence-electron chi connectivity index (χ0n) is 25.7. The fraction of sp³-hybridized carbons (Fsp3) is 0.968. The monoisotopic (exact) mass is 618 g/mol. The molecule has 6 rings (SSSR count). The summed E-state index contributed by atoms with van der Waals surface area (Å²) in [5, 5.41) is 22.2. The van der Waals surface area contributed by atoms with Crippen molar-refractivity contribution >= 4 is 12.6 Å². The Balaban J connectivity index is 0.000000198. The minimum absolute atomic E-state index is 0. The predicted octanol–water partition coefficient (Wildman–Crippen LogP) is 5.99. The van der Waals surface area contributed by atoms with E-state index in [-0.39, 0.29) is 16.5 Å². The second-order valence-electron chi connectivity index (χ2n) is 12.8. The third kappa shape index (κ3) is 12.0. The molecule has 7 nitrogen and oxygen atoms in total. The van der Waals surface area contributed by atoms with Gasteiger partial charge in [-0.25, -0.2) is 0 Å². The Morgan fingerprint density at radius 2 is 0.825 bits per heavy atom. The first-order chi connectivity index (χ1) is 19.0. The summed E-state index contributed by atoms with van der Waals surface area (Å²) < 4.78 is 0. The van der Waals surface area contributed by atoms with Crippen molar-refractivity contribution in [2.45, 2.75) is 95.2 Å². The van der Waals surface area contributed by atoms with E-state index in [1.165, 1.54) is 102 Å². The van der Waals surface area contributed by atoms with E-state index in [2.05, 4.69) is 64.4 Å². The van der Waals surface area contributed by atoms with Crippen molar-refractivity contribution in [3.8, 4) is 5.40 Å². The summed E-state index contributed by atoms with van der Waals surface area (Å²) in [5.41, 5.74) is 0. The number of rotatable bonds is 3. The summed E-state index contributed by atoms with van der Waals surface area (Å²) in [4.78, 5) is 7.60. The SMILES string of the molecule is CN1CCCC1C1CCC[N-]C1.CN1CCCC1C1CCC[N-]C1.CN1CCCC1C1CCC[N-]C1.N#CS.[Ni+2]. The Morgan fingerprint density at radius 1 is 0.550 bits per heavy atom. The van der Waals surface area contributed by atoms with Crippen LogP contribution in [-0.2, 0) is 16.5 Å². The zero-order chi connectivity index (χ0) is 27.9. The van der Waals surface area contributed by atoms with Gasteiger partial charge in [-0.15, -0.1) is 39.3 Å². The van der Waals surface area contributed by atoms with E-state index >= 15 is 0 Å². The van der Waals surface area contributed by atoms with Crippen LogP contribution in [0.25, 0.3) is 16.0 Å². The number of likely N-dealkylation sites (tertiary alicyclic amines) is 3. The Morgan fingerprint density at radius 3 is 1.00 bits per heavy atom. The van der Waals surface area contributed by atoms with Crippen LogP contribution in [-0.4, -0.2) is 113 Å². The van der Waals surface area contributed by atoms with Crippen molar-refractivity contribution in [3.63, 3.8) is 0 Å². The van der Waals surface area contributed by atoms with Crippen molar-refractivity contribution in [2.24, 2.45) is 17.8 Å². The van der Waals surface area contributed by atoms with Gasteiger partial charge >= 0.3 is 16.5 Å². The molecule has 6 aliphatic heterocycles. The van der Waals surface area contributed by atoms with Gasteiger partial charge < -0.3 is 30.7 Å². The molecule has 6 fully saturated rings. The molecule has 0 aromatic heterocycles. The molecule has 234 valence electrons. The summed E-state index contributed by atoms with van der Waals surface area (Å²) >= 11 is 3.09. The quantitative estimate of drug-likeness (QED) is 0.240. The van der Waals surface area contributed by atoms with Crippen LogP contribution in [0.2, 0.25) is 0 Å². The number of nitrogens with zero attached hydrogens (tertiary/aromatic N) is 7. The van der Waals surface area contributed by atoms with Crippen LogP contribution in [0.15, 0.2) is 0 Å². The summed E-state index contributed by atoms with van der Waals surface area (Å²) in [6, 6.07) is 2.57. The molecule has 6 atom stereocenters. The van der Waals surface area contributed by atoms with Crippen LogP contribution in [0.5, 0.6) is 0 Å². The van der Waals surface area contributed by atoms with E-state index < -0.39 is 0 Å². The molecule has 0 bridgehead atoms. The first kappa shape index (κ1) is 36.3. The Kier molecular flexibility index (Phi) is 19.0. The number of hydrogen-bond donors (Lipinski definition) is 1. The molecule has 9 heteroatoms. The van der Waals surface area contributed by atoms with Crippen LogP contribution >= 0.6 is 12.6 Å². The van der Waals surface area contributed by atoms with E-state index in [0.717, 1.165) is 75.1 Å². The van der Waals surface area contributed by atoms with Crippen LogP contribution in [0.4, 0.5) is 0 Å². The molecule has 6 unspecified atom stereocenters. The number of piperidine rings is 3. The molecule has 6 heterocycles. The molecular weight excluding hydrogens is 561 g/mol. The average Bonchev–Trinajstić information content (AvgIpc) is 3.72. The van der Waals surface area contributed by atoms with Gasteiger partial charge in [0, 0.05) is 18.1 Å². The molecule has 0 N–H and O–H groups in total. The third-order valence-corrected chi connectivity index (χ3v) is 10.1. The van der Waals surface area contributed by atoms with Gasteiger partial charge in [-0.05, 0) is 97.1 Å². The van der Waals surface area contributed by atoms with E-state index in [0.29, 0.717) is 0 Å². The first-order valence-corrected chi connectivity index (χ1v) is 16.5. The summed E-state index contributed by atoms with van der Waals surface area (Å²) in [5.74, 6) is 2.64. The number of hydrogen-bond acceptors (Lipinski definition) is 5. The van der Waals surface area contributed by atoms with Crippen molar-refractivity contribution in [2.75, 3.05) is 80.0 Å². The first-order valence-electron chi connectivity index (χ1n) is 16.1. The number of thiocyanates is 1. The second kappa shape index (κ2) is 20.9.